The Morgan fingerprint density at radius 3 is 2.36 bits per heavy atom. The summed E-state index contributed by atoms with van der Waals surface area (Å²) in [5.41, 5.74) is 2.36. The number of hydrogen-bond donors (Lipinski definition) is 2. The van der Waals surface area contributed by atoms with E-state index in [1.54, 1.807) is 42.7 Å². The Balaban J connectivity index is 1.53. The molecule has 0 aliphatic rings. The van der Waals surface area contributed by atoms with Gasteiger partial charge in [0, 0.05) is 37.2 Å². The third-order valence-corrected chi connectivity index (χ3v) is 4.07. The van der Waals surface area contributed by atoms with Gasteiger partial charge in [-0.1, -0.05) is 12.1 Å². The van der Waals surface area contributed by atoms with E-state index in [9.17, 15) is 14.0 Å². The minimum absolute atomic E-state index is 0.167. The second kappa shape index (κ2) is 9.36. The van der Waals surface area contributed by atoms with Gasteiger partial charge in [-0.05, 0) is 53.9 Å². The molecule has 2 amide bonds. The highest BCUT2D eigenvalue weighted by atomic mass is 19.1. The molecule has 0 saturated heterocycles. The summed E-state index contributed by atoms with van der Waals surface area (Å²) < 4.78 is 12.9. The molecule has 1 aromatic carbocycles. The quantitative estimate of drug-likeness (QED) is 0.662. The molecule has 6 nitrogen and oxygen atoms in total. The van der Waals surface area contributed by atoms with Crippen LogP contribution in [0.2, 0.25) is 0 Å². The van der Waals surface area contributed by atoms with Crippen LogP contribution in [0.4, 0.5) is 4.39 Å². The lowest BCUT2D eigenvalue weighted by Crippen LogP contribution is -2.27. The highest BCUT2D eigenvalue weighted by Gasteiger charge is 2.11. The Hall–Kier alpha value is -3.61. The average molecular weight is 378 g/mol. The molecule has 2 aromatic heterocycles. The van der Waals surface area contributed by atoms with Gasteiger partial charge in [0.25, 0.3) is 11.8 Å². The van der Waals surface area contributed by atoms with E-state index in [0.717, 1.165) is 11.1 Å². The van der Waals surface area contributed by atoms with Gasteiger partial charge in [0.05, 0.1) is 0 Å². The highest BCUT2D eigenvalue weighted by molar-refractivity contribution is 5.98. The maximum Gasteiger partial charge on any atom is 0.270 e. The van der Waals surface area contributed by atoms with Crippen LogP contribution in [0.5, 0.6) is 0 Å². The van der Waals surface area contributed by atoms with E-state index in [1.807, 2.05) is 0 Å². The fourth-order valence-corrected chi connectivity index (χ4v) is 2.54. The van der Waals surface area contributed by atoms with Crippen molar-refractivity contribution in [2.24, 2.45) is 0 Å². The predicted molar refractivity (Wildman–Crippen MR) is 102 cm³/mol. The minimum atomic E-state index is -0.363. The Morgan fingerprint density at radius 2 is 1.61 bits per heavy atom. The van der Waals surface area contributed by atoms with Gasteiger partial charge < -0.3 is 10.6 Å². The summed E-state index contributed by atoms with van der Waals surface area (Å²) in [6, 6.07) is 12.7. The number of carbonyl (C=O) groups excluding carboxylic acids is 2. The molecule has 0 saturated carbocycles. The summed E-state index contributed by atoms with van der Waals surface area (Å²) in [7, 11) is 0. The lowest BCUT2D eigenvalue weighted by Gasteiger charge is -2.08. The number of rotatable bonds is 7. The standard InChI is InChI=1S/C21H19FN4O2/c22-18-3-1-15(2-4-18)7-11-25-20(27)17-8-12-24-19(13-17)21(28)26-14-16-5-9-23-10-6-16/h1-6,8-10,12-13H,7,11,14H2,(H,25,27)(H,26,28). The van der Waals surface area contributed by atoms with Crippen LogP contribution >= 0.6 is 0 Å². The number of amides is 2. The fourth-order valence-electron chi connectivity index (χ4n) is 2.54. The van der Waals surface area contributed by atoms with Gasteiger partial charge in [-0.3, -0.25) is 19.6 Å². The number of halogens is 1. The first kappa shape index (κ1) is 19.2. The number of aromatic nitrogens is 2. The lowest BCUT2D eigenvalue weighted by molar-refractivity contribution is 0.0946. The first-order chi connectivity index (χ1) is 13.6. The SMILES string of the molecule is O=C(NCCc1ccc(F)cc1)c1ccnc(C(=O)NCc2ccncc2)c1. The molecule has 0 aliphatic heterocycles. The van der Waals surface area contributed by atoms with E-state index in [-0.39, 0.29) is 23.3 Å². The lowest BCUT2D eigenvalue weighted by atomic mass is 10.1. The molecule has 142 valence electrons. The maximum absolute atomic E-state index is 12.9. The van der Waals surface area contributed by atoms with Crippen molar-refractivity contribution in [1.82, 2.24) is 20.6 Å². The summed E-state index contributed by atoms with van der Waals surface area (Å²) in [5, 5.41) is 5.55. The number of pyridine rings is 2. The fraction of sp³-hybridized carbons (Fsp3) is 0.143. The zero-order valence-corrected chi connectivity index (χ0v) is 15.1. The van der Waals surface area contributed by atoms with Crippen LogP contribution < -0.4 is 10.6 Å². The van der Waals surface area contributed by atoms with Crippen molar-refractivity contribution in [2.45, 2.75) is 13.0 Å². The third kappa shape index (κ3) is 5.44. The smallest absolute Gasteiger partial charge is 0.270 e. The van der Waals surface area contributed by atoms with Crippen molar-refractivity contribution < 1.29 is 14.0 Å². The summed E-state index contributed by atoms with van der Waals surface area (Å²) in [6.45, 7) is 0.744. The molecule has 0 spiro atoms. The number of nitrogens with one attached hydrogen (secondary N) is 2. The summed E-state index contributed by atoms with van der Waals surface area (Å²) in [4.78, 5) is 32.5. The Morgan fingerprint density at radius 1 is 0.857 bits per heavy atom. The van der Waals surface area contributed by atoms with E-state index in [2.05, 4.69) is 20.6 Å². The van der Waals surface area contributed by atoms with Crippen molar-refractivity contribution in [1.29, 1.82) is 0 Å². The van der Waals surface area contributed by atoms with Crippen LogP contribution in [0.15, 0.2) is 67.1 Å². The van der Waals surface area contributed by atoms with Gasteiger partial charge >= 0.3 is 0 Å². The van der Waals surface area contributed by atoms with Gasteiger partial charge in [0.1, 0.15) is 11.5 Å². The molecule has 2 heterocycles. The zero-order chi connectivity index (χ0) is 19.8. The average Bonchev–Trinajstić information content (AvgIpc) is 2.74. The van der Waals surface area contributed by atoms with Gasteiger partial charge in [0.15, 0.2) is 0 Å². The van der Waals surface area contributed by atoms with Gasteiger partial charge in [-0.15, -0.1) is 0 Å². The van der Waals surface area contributed by atoms with Gasteiger partial charge in [-0.2, -0.15) is 0 Å². The summed E-state index contributed by atoms with van der Waals surface area (Å²) in [5.74, 6) is -0.954. The minimum Gasteiger partial charge on any atom is -0.352 e. The maximum atomic E-state index is 12.9. The molecule has 28 heavy (non-hydrogen) atoms. The molecule has 0 bridgehead atoms. The summed E-state index contributed by atoms with van der Waals surface area (Å²) >= 11 is 0. The molecule has 3 rings (SSSR count). The Bertz CT molecular complexity index is 946. The third-order valence-electron chi connectivity index (χ3n) is 4.07. The van der Waals surface area contributed by atoms with E-state index >= 15 is 0 Å². The van der Waals surface area contributed by atoms with Crippen molar-refractivity contribution in [3.8, 4) is 0 Å². The van der Waals surface area contributed by atoms with Crippen molar-refractivity contribution in [3.63, 3.8) is 0 Å². The molecule has 0 radical (unpaired) electrons. The van der Waals surface area contributed by atoms with E-state index in [1.165, 1.54) is 24.4 Å². The Labute approximate surface area is 161 Å². The number of nitrogens with zero attached hydrogens (tertiary/aromatic N) is 2. The zero-order valence-electron chi connectivity index (χ0n) is 15.1. The molecule has 0 unspecified atom stereocenters. The van der Waals surface area contributed by atoms with Crippen LogP contribution in [0.3, 0.4) is 0 Å². The van der Waals surface area contributed by atoms with Crippen LogP contribution in [0.25, 0.3) is 0 Å². The van der Waals surface area contributed by atoms with Gasteiger partial charge in [0.2, 0.25) is 0 Å². The van der Waals surface area contributed by atoms with E-state index in [0.29, 0.717) is 25.1 Å². The predicted octanol–water partition coefficient (Wildman–Crippen LogP) is 2.52. The first-order valence-electron chi connectivity index (χ1n) is 8.77. The molecule has 7 heteroatoms. The Kier molecular flexibility index (Phi) is 6.41. The molecular weight excluding hydrogens is 359 g/mol. The second-order valence-corrected chi connectivity index (χ2v) is 6.10. The van der Waals surface area contributed by atoms with Crippen molar-refractivity contribution in [2.75, 3.05) is 6.54 Å². The van der Waals surface area contributed by atoms with Gasteiger partial charge in [-0.25, -0.2) is 4.39 Å². The van der Waals surface area contributed by atoms with Crippen LogP contribution in [-0.4, -0.2) is 28.3 Å². The van der Waals surface area contributed by atoms with Crippen LogP contribution in [0.1, 0.15) is 32.0 Å². The number of benzene rings is 1. The monoisotopic (exact) mass is 378 g/mol. The molecule has 0 fully saturated rings. The molecule has 3 aromatic rings. The summed E-state index contributed by atoms with van der Waals surface area (Å²) in [6.07, 6.45) is 5.31. The molecule has 0 aliphatic carbocycles. The van der Waals surface area contributed by atoms with E-state index < -0.39 is 0 Å². The number of hydrogen-bond acceptors (Lipinski definition) is 4. The van der Waals surface area contributed by atoms with Crippen molar-refractivity contribution >= 4 is 11.8 Å². The number of carbonyl (C=O) groups is 2. The first-order valence-corrected chi connectivity index (χ1v) is 8.77. The largest absolute Gasteiger partial charge is 0.352 e. The molecular formula is C21H19FN4O2. The highest BCUT2D eigenvalue weighted by Crippen LogP contribution is 2.05. The van der Waals surface area contributed by atoms with Crippen LogP contribution in [0, 0.1) is 5.82 Å². The second-order valence-electron chi connectivity index (χ2n) is 6.10. The topological polar surface area (TPSA) is 84.0 Å². The van der Waals surface area contributed by atoms with Crippen molar-refractivity contribution in [3.05, 3.63) is 95.3 Å². The van der Waals surface area contributed by atoms with Crippen LogP contribution in [-0.2, 0) is 13.0 Å². The molecule has 0 atom stereocenters. The molecule has 2 N–H and O–H groups in total. The van der Waals surface area contributed by atoms with E-state index in [4.69, 9.17) is 0 Å². The normalized spacial score (nSPS) is 10.3.